The van der Waals surface area contributed by atoms with Crippen LogP contribution in [0.1, 0.15) is 43.7 Å². The fraction of sp³-hybridized carbons (Fsp3) is 0.440. The number of hydrogen-bond donors (Lipinski definition) is 1. The van der Waals surface area contributed by atoms with Crippen LogP contribution in [-0.4, -0.2) is 57.8 Å². The van der Waals surface area contributed by atoms with Gasteiger partial charge >= 0.3 is 0 Å². The molecule has 2 aromatic carbocycles. The normalized spacial score (nSPS) is 14.9. The number of sulfonamides is 1. The molecule has 1 fully saturated rings. The number of hydrogen-bond acceptors (Lipinski definition) is 6. The van der Waals surface area contributed by atoms with Crippen LogP contribution in [0.25, 0.3) is 0 Å². The summed E-state index contributed by atoms with van der Waals surface area (Å²) in [5, 5.41) is 4.01. The molecule has 0 bridgehead atoms. The van der Waals surface area contributed by atoms with Gasteiger partial charge in [0, 0.05) is 19.5 Å². The Kier molecular flexibility index (Phi) is 10.1. The maximum atomic E-state index is 12.7. The van der Waals surface area contributed by atoms with Crippen molar-refractivity contribution in [2.45, 2.75) is 43.9 Å². The summed E-state index contributed by atoms with van der Waals surface area (Å²) in [6.45, 7) is 4.42. The van der Waals surface area contributed by atoms with Crippen LogP contribution in [-0.2, 0) is 26.0 Å². The second kappa shape index (κ2) is 13.2. The summed E-state index contributed by atoms with van der Waals surface area (Å²) < 4.78 is 37.7. The SMILES string of the molecule is CCCCCOc1ccc(/C=N/NC(=O)CCc2ccc(S(=O)(=O)N3CCOCC3)cc2)cc1. The zero-order valence-corrected chi connectivity index (χ0v) is 20.4. The van der Waals surface area contributed by atoms with Crippen molar-refractivity contribution in [3.8, 4) is 5.75 Å². The summed E-state index contributed by atoms with van der Waals surface area (Å²) in [6, 6.07) is 14.2. The van der Waals surface area contributed by atoms with Crippen LogP contribution >= 0.6 is 0 Å². The largest absolute Gasteiger partial charge is 0.494 e. The molecule has 0 aromatic heterocycles. The first kappa shape index (κ1) is 25.9. The number of ether oxygens (including phenoxy) is 2. The maximum Gasteiger partial charge on any atom is 0.243 e. The zero-order chi connectivity index (χ0) is 24.2. The first-order valence-electron chi connectivity index (χ1n) is 11.7. The van der Waals surface area contributed by atoms with Crippen LogP contribution in [0.4, 0.5) is 0 Å². The first-order chi connectivity index (χ1) is 16.5. The number of unbranched alkanes of at least 4 members (excludes halogenated alkanes) is 2. The molecule has 1 saturated heterocycles. The lowest BCUT2D eigenvalue weighted by Crippen LogP contribution is -2.40. The monoisotopic (exact) mass is 487 g/mol. The van der Waals surface area contributed by atoms with Gasteiger partial charge in [0.25, 0.3) is 0 Å². The average molecular weight is 488 g/mol. The minimum absolute atomic E-state index is 0.211. The number of amides is 1. The average Bonchev–Trinajstić information content (AvgIpc) is 2.87. The Morgan fingerprint density at radius 3 is 2.47 bits per heavy atom. The summed E-state index contributed by atoms with van der Waals surface area (Å²) in [5.74, 6) is 0.609. The molecule has 1 aliphatic rings. The number of carbonyl (C=O) groups excluding carboxylic acids is 1. The summed E-state index contributed by atoms with van der Waals surface area (Å²) in [4.78, 5) is 12.4. The molecule has 1 aliphatic heterocycles. The minimum atomic E-state index is -3.51. The van der Waals surface area contributed by atoms with Crippen molar-refractivity contribution in [1.82, 2.24) is 9.73 Å². The van der Waals surface area contributed by atoms with Gasteiger partial charge in [-0.3, -0.25) is 4.79 Å². The highest BCUT2D eigenvalue weighted by Crippen LogP contribution is 2.18. The van der Waals surface area contributed by atoms with E-state index in [1.54, 1.807) is 30.5 Å². The van der Waals surface area contributed by atoms with Crippen molar-refractivity contribution in [3.63, 3.8) is 0 Å². The van der Waals surface area contributed by atoms with E-state index in [2.05, 4.69) is 17.5 Å². The van der Waals surface area contributed by atoms with E-state index < -0.39 is 10.0 Å². The first-order valence-corrected chi connectivity index (χ1v) is 13.1. The summed E-state index contributed by atoms with van der Waals surface area (Å²) in [6.07, 6.45) is 5.69. The Hall–Kier alpha value is -2.75. The van der Waals surface area contributed by atoms with Crippen LogP contribution in [0.15, 0.2) is 58.5 Å². The van der Waals surface area contributed by atoms with E-state index in [1.807, 2.05) is 24.3 Å². The second-order valence-electron chi connectivity index (χ2n) is 8.08. The highest BCUT2D eigenvalue weighted by atomic mass is 32.2. The lowest BCUT2D eigenvalue weighted by atomic mass is 10.1. The van der Waals surface area contributed by atoms with Crippen molar-refractivity contribution < 1.29 is 22.7 Å². The molecule has 8 nitrogen and oxygen atoms in total. The standard InChI is InChI=1S/C25H33N3O5S/c1-2-3-4-17-33-23-10-5-22(6-11-23)20-26-27-25(29)14-9-21-7-12-24(13-8-21)34(30,31)28-15-18-32-19-16-28/h5-8,10-13,20H,2-4,9,14-19H2,1H3,(H,27,29)/b26-20+. The molecular weight excluding hydrogens is 454 g/mol. The molecule has 0 radical (unpaired) electrons. The van der Waals surface area contributed by atoms with E-state index in [-0.39, 0.29) is 17.2 Å². The number of morpholine rings is 1. The van der Waals surface area contributed by atoms with Gasteiger partial charge < -0.3 is 9.47 Å². The lowest BCUT2D eigenvalue weighted by molar-refractivity contribution is -0.121. The van der Waals surface area contributed by atoms with Crippen molar-refractivity contribution in [2.75, 3.05) is 32.9 Å². The van der Waals surface area contributed by atoms with Crippen LogP contribution in [0, 0.1) is 0 Å². The fourth-order valence-electron chi connectivity index (χ4n) is 3.45. The number of hydrazone groups is 1. The molecule has 1 heterocycles. The molecule has 2 aromatic rings. The van der Waals surface area contributed by atoms with Crippen LogP contribution in [0.2, 0.25) is 0 Å². The summed E-state index contributed by atoms with van der Waals surface area (Å²) in [5.41, 5.74) is 4.27. The molecule has 0 saturated carbocycles. The Balaban J connectivity index is 1.41. The number of nitrogens with zero attached hydrogens (tertiary/aromatic N) is 2. The van der Waals surface area contributed by atoms with Gasteiger partial charge in [0.2, 0.25) is 15.9 Å². The summed E-state index contributed by atoms with van der Waals surface area (Å²) >= 11 is 0. The van der Waals surface area contributed by atoms with Gasteiger partial charge in [-0.25, -0.2) is 13.8 Å². The summed E-state index contributed by atoms with van der Waals surface area (Å²) in [7, 11) is -3.51. The van der Waals surface area contributed by atoms with Crippen molar-refractivity contribution in [3.05, 3.63) is 59.7 Å². The Bertz CT molecular complexity index is 1030. The van der Waals surface area contributed by atoms with Gasteiger partial charge in [-0.1, -0.05) is 31.9 Å². The number of nitrogens with one attached hydrogen (secondary N) is 1. The third kappa shape index (κ3) is 7.93. The molecule has 0 atom stereocenters. The van der Waals surface area contributed by atoms with Gasteiger partial charge in [0.15, 0.2) is 0 Å². The van der Waals surface area contributed by atoms with Crippen molar-refractivity contribution in [1.29, 1.82) is 0 Å². The van der Waals surface area contributed by atoms with E-state index in [1.165, 1.54) is 4.31 Å². The van der Waals surface area contributed by atoms with E-state index >= 15 is 0 Å². The molecule has 3 rings (SSSR count). The number of benzene rings is 2. The van der Waals surface area contributed by atoms with E-state index in [4.69, 9.17) is 9.47 Å². The highest BCUT2D eigenvalue weighted by molar-refractivity contribution is 7.89. The molecule has 1 N–H and O–H groups in total. The van der Waals surface area contributed by atoms with Crippen molar-refractivity contribution in [2.24, 2.45) is 5.10 Å². The van der Waals surface area contributed by atoms with E-state index in [0.29, 0.717) is 39.3 Å². The smallest absolute Gasteiger partial charge is 0.243 e. The van der Waals surface area contributed by atoms with Crippen LogP contribution in [0.3, 0.4) is 0 Å². The Morgan fingerprint density at radius 2 is 1.79 bits per heavy atom. The third-order valence-corrected chi connectivity index (χ3v) is 7.38. The molecule has 34 heavy (non-hydrogen) atoms. The third-order valence-electron chi connectivity index (χ3n) is 5.47. The number of rotatable bonds is 12. The van der Waals surface area contributed by atoms with Gasteiger partial charge in [-0.05, 0) is 60.4 Å². The highest BCUT2D eigenvalue weighted by Gasteiger charge is 2.26. The predicted molar refractivity (Wildman–Crippen MR) is 132 cm³/mol. The second-order valence-corrected chi connectivity index (χ2v) is 10.0. The lowest BCUT2D eigenvalue weighted by Gasteiger charge is -2.26. The van der Waals surface area contributed by atoms with E-state index in [9.17, 15) is 13.2 Å². The topological polar surface area (TPSA) is 97.3 Å². The van der Waals surface area contributed by atoms with Gasteiger partial charge in [-0.15, -0.1) is 0 Å². The van der Waals surface area contributed by atoms with Gasteiger partial charge in [0.1, 0.15) is 5.75 Å². The Labute approximate surface area is 202 Å². The molecule has 0 spiro atoms. The van der Waals surface area contributed by atoms with Crippen LogP contribution < -0.4 is 10.2 Å². The molecule has 0 unspecified atom stereocenters. The van der Waals surface area contributed by atoms with Gasteiger partial charge in [-0.2, -0.15) is 9.41 Å². The van der Waals surface area contributed by atoms with Crippen molar-refractivity contribution >= 4 is 22.1 Å². The predicted octanol–water partition coefficient (Wildman–Crippen LogP) is 3.36. The van der Waals surface area contributed by atoms with Gasteiger partial charge in [0.05, 0.1) is 30.9 Å². The zero-order valence-electron chi connectivity index (χ0n) is 19.6. The molecule has 9 heteroatoms. The minimum Gasteiger partial charge on any atom is -0.494 e. The van der Waals surface area contributed by atoms with Crippen LogP contribution in [0.5, 0.6) is 5.75 Å². The van der Waals surface area contributed by atoms with E-state index in [0.717, 1.165) is 36.1 Å². The molecule has 184 valence electrons. The fourth-order valence-corrected chi connectivity index (χ4v) is 4.86. The molecule has 0 aliphatic carbocycles. The maximum absolute atomic E-state index is 12.7. The Morgan fingerprint density at radius 1 is 1.09 bits per heavy atom. The number of carbonyl (C=O) groups is 1. The quantitative estimate of drug-likeness (QED) is 0.281. The molecule has 1 amide bonds. The number of aryl methyl sites for hydroxylation is 1. The molecular formula is C25H33N3O5S.